The van der Waals surface area contributed by atoms with Crippen molar-refractivity contribution in [3.63, 3.8) is 0 Å². The Morgan fingerprint density at radius 1 is 1.25 bits per heavy atom. The van der Waals surface area contributed by atoms with Crippen LogP contribution in [0.25, 0.3) is 10.4 Å². The second kappa shape index (κ2) is 8.86. The minimum atomic E-state index is -0.880. The molecule has 3 heterocycles. The van der Waals surface area contributed by atoms with Crippen molar-refractivity contribution in [1.82, 2.24) is 20.4 Å². The van der Waals surface area contributed by atoms with E-state index in [2.05, 4.69) is 27.6 Å². The maximum Gasteiger partial charge on any atom is 0.243 e. The first-order valence-corrected chi connectivity index (χ1v) is 11.7. The van der Waals surface area contributed by atoms with Crippen molar-refractivity contribution in [2.75, 3.05) is 6.54 Å². The van der Waals surface area contributed by atoms with Gasteiger partial charge in [0.25, 0.3) is 0 Å². The molecule has 0 bridgehead atoms. The number of hydrogen-bond acceptors (Lipinski definition) is 6. The number of hydrogen-bond donors (Lipinski definition) is 1. The average Bonchev–Trinajstić information content (AvgIpc) is 3.53. The van der Waals surface area contributed by atoms with Crippen LogP contribution in [-0.4, -0.2) is 39.4 Å². The molecule has 3 aromatic rings. The van der Waals surface area contributed by atoms with Crippen LogP contribution in [0, 0.1) is 13.8 Å². The molecule has 2 amide bonds. The summed E-state index contributed by atoms with van der Waals surface area (Å²) >= 11 is 1.62. The predicted octanol–water partition coefficient (Wildman–Crippen LogP) is 4.00. The number of carbonyl (C=O) groups is 2. The van der Waals surface area contributed by atoms with Gasteiger partial charge in [-0.2, -0.15) is 0 Å². The van der Waals surface area contributed by atoms with Crippen LogP contribution in [0.3, 0.4) is 0 Å². The average molecular weight is 453 g/mol. The van der Waals surface area contributed by atoms with Gasteiger partial charge in [0, 0.05) is 19.2 Å². The number of nitrogens with one attached hydrogen (secondary N) is 1. The monoisotopic (exact) mass is 452 g/mol. The van der Waals surface area contributed by atoms with Crippen LogP contribution >= 0.6 is 11.3 Å². The molecule has 1 saturated heterocycles. The van der Waals surface area contributed by atoms with E-state index in [4.69, 9.17) is 4.52 Å². The van der Waals surface area contributed by atoms with Crippen LogP contribution in [0.5, 0.6) is 0 Å². The highest BCUT2D eigenvalue weighted by atomic mass is 32.1. The number of aryl methyl sites for hydroxylation is 2. The van der Waals surface area contributed by atoms with E-state index < -0.39 is 11.5 Å². The van der Waals surface area contributed by atoms with Gasteiger partial charge >= 0.3 is 0 Å². The molecule has 168 valence electrons. The van der Waals surface area contributed by atoms with Crippen molar-refractivity contribution in [1.29, 1.82) is 0 Å². The molecular weight excluding hydrogens is 424 g/mol. The lowest BCUT2D eigenvalue weighted by Crippen LogP contribution is -2.51. The molecule has 1 aliphatic heterocycles. The molecule has 8 heteroatoms. The Bertz CT molecular complexity index is 1120. The highest BCUT2D eigenvalue weighted by Crippen LogP contribution is 2.30. The third-order valence-electron chi connectivity index (χ3n) is 6.02. The van der Waals surface area contributed by atoms with Crippen LogP contribution in [0.4, 0.5) is 0 Å². The molecule has 1 unspecified atom stereocenters. The van der Waals surface area contributed by atoms with E-state index in [1.165, 1.54) is 0 Å². The number of nitrogens with zero attached hydrogens (tertiary/aromatic N) is 3. The third-order valence-corrected chi connectivity index (χ3v) is 7.00. The Morgan fingerprint density at radius 2 is 2.00 bits per heavy atom. The molecule has 4 rings (SSSR count). The van der Waals surface area contributed by atoms with Gasteiger partial charge in [-0.25, -0.2) is 4.98 Å². The van der Waals surface area contributed by atoms with Gasteiger partial charge in [-0.1, -0.05) is 29.4 Å². The maximum absolute atomic E-state index is 13.3. The molecular formula is C24H28N4O3S. The number of aromatic nitrogens is 2. The molecule has 32 heavy (non-hydrogen) atoms. The van der Waals surface area contributed by atoms with Crippen molar-refractivity contribution in [2.24, 2.45) is 0 Å². The van der Waals surface area contributed by atoms with Crippen LogP contribution in [0.15, 0.2) is 40.4 Å². The lowest BCUT2D eigenvalue weighted by Gasteiger charge is -2.31. The fourth-order valence-electron chi connectivity index (χ4n) is 4.06. The van der Waals surface area contributed by atoms with Crippen LogP contribution in [0.2, 0.25) is 0 Å². The van der Waals surface area contributed by atoms with Crippen LogP contribution in [0.1, 0.15) is 49.4 Å². The Hall–Kier alpha value is -3.00. The number of carbonyl (C=O) groups excluding carboxylic acids is 2. The zero-order valence-electron chi connectivity index (χ0n) is 18.8. The van der Waals surface area contributed by atoms with Crippen molar-refractivity contribution in [3.05, 3.63) is 58.6 Å². The van der Waals surface area contributed by atoms with Gasteiger partial charge in [0.1, 0.15) is 11.5 Å². The van der Waals surface area contributed by atoms with Gasteiger partial charge in [0.15, 0.2) is 5.76 Å². The first-order valence-electron chi connectivity index (χ1n) is 10.8. The minimum Gasteiger partial charge on any atom is -0.360 e. The quantitative estimate of drug-likeness (QED) is 0.611. The SMILES string of the molecule is Cc1cc(C(C)(C)C(=O)N2CCCC2C(=O)NCc2ccc(-c3scnc3C)cc2)on1. The summed E-state index contributed by atoms with van der Waals surface area (Å²) in [7, 11) is 0. The van der Waals surface area contributed by atoms with Crippen molar-refractivity contribution >= 4 is 23.2 Å². The molecule has 1 atom stereocenters. The number of rotatable bonds is 6. The van der Waals surface area contributed by atoms with Crippen molar-refractivity contribution < 1.29 is 14.1 Å². The second-order valence-corrected chi connectivity index (χ2v) is 9.65. The summed E-state index contributed by atoms with van der Waals surface area (Å²) < 4.78 is 5.35. The van der Waals surface area contributed by atoms with Crippen molar-refractivity contribution in [2.45, 2.75) is 58.5 Å². The maximum atomic E-state index is 13.3. The van der Waals surface area contributed by atoms with E-state index in [9.17, 15) is 9.59 Å². The van der Waals surface area contributed by atoms with Gasteiger partial charge in [-0.15, -0.1) is 11.3 Å². The highest BCUT2D eigenvalue weighted by molar-refractivity contribution is 7.13. The van der Waals surface area contributed by atoms with Crippen molar-refractivity contribution in [3.8, 4) is 10.4 Å². The normalized spacial score (nSPS) is 16.4. The molecule has 1 fully saturated rings. The fourth-order valence-corrected chi connectivity index (χ4v) is 4.88. The van der Waals surface area contributed by atoms with Crippen LogP contribution < -0.4 is 5.32 Å². The molecule has 0 aliphatic carbocycles. The molecule has 1 aromatic carbocycles. The van der Waals surface area contributed by atoms with Gasteiger partial charge in [-0.3, -0.25) is 9.59 Å². The van der Waals surface area contributed by atoms with Gasteiger partial charge < -0.3 is 14.7 Å². The number of likely N-dealkylation sites (tertiary alicyclic amines) is 1. The Balaban J connectivity index is 1.39. The first kappa shape index (κ1) is 22.2. The van der Waals surface area contributed by atoms with E-state index in [1.807, 2.05) is 45.3 Å². The molecule has 0 spiro atoms. The van der Waals surface area contributed by atoms with E-state index in [1.54, 1.807) is 22.3 Å². The zero-order valence-corrected chi connectivity index (χ0v) is 19.7. The summed E-state index contributed by atoms with van der Waals surface area (Å²) in [6.07, 6.45) is 1.46. The molecule has 7 nitrogen and oxygen atoms in total. The Kier molecular flexibility index (Phi) is 6.15. The predicted molar refractivity (Wildman–Crippen MR) is 123 cm³/mol. The summed E-state index contributed by atoms with van der Waals surface area (Å²) in [5, 5.41) is 6.92. The summed E-state index contributed by atoms with van der Waals surface area (Å²) in [5.74, 6) is 0.278. The third kappa shape index (κ3) is 4.32. The van der Waals surface area contributed by atoms with Gasteiger partial charge in [0.2, 0.25) is 11.8 Å². The van der Waals surface area contributed by atoms with Crippen LogP contribution in [-0.2, 0) is 21.5 Å². The fraction of sp³-hybridized carbons (Fsp3) is 0.417. The number of amides is 2. The summed E-state index contributed by atoms with van der Waals surface area (Å²) in [6.45, 7) is 8.44. The van der Waals surface area contributed by atoms with E-state index in [0.29, 0.717) is 25.3 Å². The van der Waals surface area contributed by atoms with E-state index >= 15 is 0 Å². The molecule has 0 saturated carbocycles. The first-order chi connectivity index (χ1) is 15.3. The molecule has 1 aliphatic rings. The molecule has 1 N–H and O–H groups in total. The van der Waals surface area contributed by atoms with E-state index in [0.717, 1.165) is 33.8 Å². The number of thiazole rings is 1. The highest BCUT2D eigenvalue weighted by Gasteiger charge is 2.43. The summed E-state index contributed by atoms with van der Waals surface area (Å²) in [5.41, 5.74) is 4.85. The standard InChI is InChI=1S/C24H28N4O3S/c1-15-12-20(31-27-15)24(3,4)23(30)28-11-5-6-19(28)22(29)25-13-17-7-9-18(10-8-17)21-16(2)26-14-32-21/h7-10,12,14,19H,5-6,11,13H2,1-4H3,(H,25,29). The summed E-state index contributed by atoms with van der Waals surface area (Å²) in [6, 6.07) is 9.44. The lowest BCUT2D eigenvalue weighted by molar-refractivity contribution is -0.142. The van der Waals surface area contributed by atoms with Gasteiger partial charge in [0.05, 0.1) is 21.8 Å². The topological polar surface area (TPSA) is 88.3 Å². The zero-order chi connectivity index (χ0) is 22.9. The Morgan fingerprint density at radius 3 is 2.62 bits per heavy atom. The largest absolute Gasteiger partial charge is 0.360 e. The summed E-state index contributed by atoms with van der Waals surface area (Å²) in [4.78, 5) is 33.4. The minimum absolute atomic E-state index is 0.115. The van der Waals surface area contributed by atoms with Gasteiger partial charge in [-0.05, 0) is 51.7 Å². The smallest absolute Gasteiger partial charge is 0.243 e. The Labute approximate surface area is 191 Å². The lowest BCUT2D eigenvalue weighted by atomic mass is 9.88. The molecule has 2 aromatic heterocycles. The number of benzene rings is 1. The van der Waals surface area contributed by atoms with E-state index in [-0.39, 0.29) is 11.8 Å². The second-order valence-electron chi connectivity index (χ2n) is 8.80. The molecule has 0 radical (unpaired) electrons.